The van der Waals surface area contributed by atoms with Crippen LogP contribution in [0, 0.1) is 0 Å². The number of aromatic nitrogens is 2. The monoisotopic (exact) mass is 398 g/mol. The zero-order chi connectivity index (χ0) is 17.1. The van der Waals surface area contributed by atoms with Gasteiger partial charge in [-0.3, -0.25) is 4.79 Å². The van der Waals surface area contributed by atoms with Crippen molar-refractivity contribution in [3.8, 4) is 11.5 Å². The van der Waals surface area contributed by atoms with Crippen molar-refractivity contribution in [1.29, 1.82) is 0 Å². The first-order valence-electron chi connectivity index (χ1n) is 6.73. The summed E-state index contributed by atoms with van der Waals surface area (Å²) in [5.74, 6) is 0.350. The van der Waals surface area contributed by atoms with E-state index in [9.17, 15) is 4.79 Å². The number of hydrogen-bond donors (Lipinski definition) is 0. The summed E-state index contributed by atoms with van der Waals surface area (Å²) in [4.78, 5) is 12.2. The Labute approximate surface area is 157 Å². The molecule has 0 spiro atoms. The summed E-state index contributed by atoms with van der Waals surface area (Å²) >= 11 is 18.8. The van der Waals surface area contributed by atoms with Gasteiger partial charge >= 0.3 is 0 Å². The second kappa shape index (κ2) is 7.57. The van der Waals surface area contributed by atoms with E-state index in [2.05, 4.69) is 10.2 Å². The third kappa shape index (κ3) is 4.11. The standard InChI is InChI=1S/C16H9Cl3N2O2S/c17-10-3-1-9(2-4-10)15-20-21-16(23-15)24-8-14(22)12-6-5-11(18)7-13(12)19/h1-7H,8H2. The second-order valence-corrected chi connectivity index (χ2v) is 6.92. The topological polar surface area (TPSA) is 56.0 Å². The summed E-state index contributed by atoms with van der Waals surface area (Å²) in [7, 11) is 0. The lowest BCUT2D eigenvalue weighted by atomic mass is 10.1. The Hall–Kier alpha value is -1.53. The molecule has 0 saturated heterocycles. The van der Waals surface area contributed by atoms with Crippen LogP contribution in [0.1, 0.15) is 10.4 Å². The molecule has 122 valence electrons. The minimum atomic E-state index is -0.145. The summed E-state index contributed by atoms with van der Waals surface area (Å²) in [6.07, 6.45) is 0. The first kappa shape index (κ1) is 17.3. The van der Waals surface area contributed by atoms with Crippen LogP contribution in [0.2, 0.25) is 15.1 Å². The van der Waals surface area contributed by atoms with Gasteiger partial charge in [-0.05, 0) is 42.5 Å². The summed E-state index contributed by atoms with van der Waals surface area (Å²) in [6, 6.07) is 11.8. The number of carbonyl (C=O) groups excluding carboxylic acids is 1. The molecule has 1 heterocycles. The molecule has 0 atom stereocenters. The number of hydrogen-bond acceptors (Lipinski definition) is 5. The fourth-order valence-corrected chi connectivity index (χ4v) is 3.18. The molecule has 0 fully saturated rings. The fraction of sp³-hybridized carbons (Fsp3) is 0.0625. The Morgan fingerprint density at radius 1 is 1.00 bits per heavy atom. The second-order valence-electron chi connectivity index (χ2n) is 4.72. The van der Waals surface area contributed by atoms with Gasteiger partial charge in [0.1, 0.15) is 0 Å². The third-order valence-corrected chi connectivity index (χ3v) is 4.67. The van der Waals surface area contributed by atoms with Crippen molar-refractivity contribution in [2.45, 2.75) is 5.22 Å². The lowest BCUT2D eigenvalue weighted by Gasteiger charge is -2.02. The first-order valence-corrected chi connectivity index (χ1v) is 8.85. The van der Waals surface area contributed by atoms with E-state index >= 15 is 0 Å². The van der Waals surface area contributed by atoms with Crippen molar-refractivity contribution >= 4 is 52.3 Å². The Balaban J connectivity index is 1.67. The molecule has 3 rings (SSSR count). The number of thioether (sulfide) groups is 1. The van der Waals surface area contributed by atoms with Crippen molar-refractivity contribution in [1.82, 2.24) is 10.2 Å². The molecule has 0 N–H and O–H groups in total. The zero-order valence-corrected chi connectivity index (χ0v) is 15.1. The molecule has 0 aliphatic heterocycles. The Morgan fingerprint density at radius 2 is 1.71 bits per heavy atom. The molecular formula is C16H9Cl3N2O2S. The highest BCUT2D eigenvalue weighted by Gasteiger charge is 2.14. The van der Waals surface area contributed by atoms with Crippen LogP contribution in [-0.4, -0.2) is 21.7 Å². The van der Waals surface area contributed by atoms with Gasteiger partial charge in [-0.15, -0.1) is 10.2 Å². The number of Topliss-reactive ketones (excluding diaryl/α,β-unsaturated/α-hetero) is 1. The lowest BCUT2D eigenvalue weighted by molar-refractivity contribution is 0.102. The molecule has 0 amide bonds. The van der Waals surface area contributed by atoms with Crippen LogP contribution in [0.4, 0.5) is 0 Å². The van der Waals surface area contributed by atoms with Gasteiger partial charge in [-0.1, -0.05) is 46.6 Å². The molecule has 0 bridgehead atoms. The van der Waals surface area contributed by atoms with Gasteiger partial charge in [0.25, 0.3) is 5.22 Å². The quantitative estimate of drug-likeness (QED) is 0.408. The van der Waals surface area contributed by atoms with E-state index in [0.29, 0.717) is 31.7 Å². The minimum Gasteiger partial charge on any atom is -0.411 e. The molecule has 0 aliphatic rings. The predicted molar refractivity (Wildman–Crippen MR) is 96.3 cm³/mol. The van der Waals surface area contributed by atoms with Crippen molar-refractivity contribution in [2.24, 2.45) is 0 Å². The average molecular weight is 400 g/mol. The van der Waals surface area contributed by atoms with E-state index in [0.717, 1.165) is 17.3 Å². The average Bonchev–Trinajstić information content (AvgIpc) is 3.02. The summed E-state index contributed by atoms with van der Waals surface area (Å²) in [6.45, 7) is 0. The van der Waals surface area contributed by atoms with Crippen LogP contribution in [0.15, 0.2) is 52.1 Å². The van der Waals surface area contributed by atoms with Crippen LogP contribution in [-0.2, 0) is 0 Å². The Morgan fingerprint density at radius 3 is 2.42 bits per heavy atom. The van der Waals surface area contributed by atoms with E-state index in [1.54, 1.807) is 36.4 Å². The van der Waals surface area contributed by atoms with Crippen LogP contribution in [0.5, 0.6) is 0 Å². The molecule has 4 nitrogen and oxygen atoms in total. The molecule has 2 aromatic carbocycles. The number of rotatable bonds is 5. The van der Waals surface area contributed by atoms with E-state index in [4.69, 9.17) is 39.2 Å². The van der Waals surface area contributed by atoms with Crippen molar-refractivity contribution in [3.05, 3.63) is 63.1 Å². The third-order valence-electron chi connectivity index (χ3n) is 3.06. The van der Waals surface area contributed by atoms with E-state index in [1.165, 1.54) is 6.07 Å². The minimum absolute atomic E-state index is 0.129. The fourth-order valence-electron chi connectivity index (χ4n) is 1.90. The largest absolute Gasteiger partial charge is 0.411 e. The van der Waals surface area contributed by atoms with Crippen LogP contribution in [0.3, 0.4) is 0 Å². The van der Waals surface area contributed by atoms with Gasteiger partial charge in [0.2, 0.25) is 5.89 Å². The van der Waals surface area contributed by atoms with Gasteiger partial charge in [-0.2, -0.15) is 0 Å². The van der Waals surface area contributed by atoms with Gasteiger partial charge in [0.05, 0.1) is 10.8 Å². The van der Waals surface area contributed by atoms with Crippen molar-refractivity contribution in [2.75, 3.05) is 5.75 Å². The molecule has 0 saturated carbocycles. The summed E-state index contributed by atoms with van der Waals surface area (Å²) < 4.78 is 5.54. The predicted octanol–water partition coefficient (Wildman–Crippen LogP) is 5.67. The number of halogens is 3. The maximum Gasteiger partial charge on any atom is 0.277 e. The lowest BCUT2D eigenvalue weighted by Crippen LogP contribution is -2.03. The highest BCUT2D eigenvalue weighted by Crippen LogP contribution is 2.26. The molecule has 0 radical (unpaired) electrons. The molecule has 0 unspecified atom stereocenters. The van der Waals surface area contributed by atoms with Gasteiger partial charge in [0, 0.05) is 21.2 Å². The summed E-state index contributed by atoms with van der Waals surface area (Å²) in [5.41, 5.74) is 1.16. The van der Waals surface area contributed by atoms with Crippen molar-refractivity contribution < 1.29 is 9.21 Å². The van der Waals surface area contributed by atoms with E-state index in [1.807, 2.05) is 0 Å². The molecular weight excluding hydrogens is 391 g/mol. The van der Waals surface area contributed by atoms with E-state index < -0.39 is 0 Å². The highest BCUT2D eigenvalue weighted by molar-refractivity contribution is 7.99. The maximum atomic E-state index is 12.2. The maximum absolute atomic E-state index is 12.2. The van der Waals surface area contributed by atoms with E-state index in [-0.39, 0.29) is 11.5 Å². The normalized spacial score (nSPS) is 10.8. The molecule has 1 aromatic heterocycles. The molecule has 8 heteroatoms. The smallest absolute Gasteiger partial charge is 0.277 e. The molecule has 0 aliphatic carbocycles. The first-order chi connectivity index (χ1) is 11.5. The van der Waals surface area contributed by atoms with Crippen molar-refractivity contribution in [3.63, 3.8) is 0 Å². The zero-order valence-electron chi connectivity index (χ0n) is 12.0. The SMILES string of the molecule is O=C(CSc1nnc(-c2ccc(Cl)cc2)o1)c1ccc(Cl)cc1Cl. The number of nitrogens with zero attached hydrogens (tertiary/aromatic N) is 2. The number of ketones is 1. The molecule has 3 aromatic rings. The van der Waals surface area contributed by atoms with Crippen LogP contribution >= 0.6 is 46.6 Å². The number of carbonyl (C=O) groups is 1. The van der Waals surface area contributed by atoms with Crippen LogP contribution < -0.4 is 0 Å². The Bertz CT molecular complexity index is 881. The number of benzene rings is 2. The summed E-state index contributed by atoms with van der Waals surface area (Å²) in [5, 5.41) is 9.61. The van der Waals surface area contributed by atoms with Gasteiger partial charge in [-0.25, -0.2) is 0 Å². The van der Waals surface area contributed by atoms with Crippen LogP contribution in [0.25, 0.3) is 11.5 Å². The van der Waals surface area contributed by atoms with Gasteiger partial charge < -0.3 is 4.42 Å². The highest BCUT2D eigenvalue weighted by atomic mass is 35.5. The van der Waals surface area contributed by atoms with Gasteiger partial charge in [0.15, 0.2) is 5.78 Å². The molecule has 24 heavy (non-hydrogen) atoms. The Kier molecular flexibility index (Phi) is 5.46.